The van der Waals surface area contributed by atoms with Gasteiger partial charge in [0.15, 0.2) is 5.52 Å². The van der Waals surface area contributed by atoms with E-state index in [1.165, 1.54) is 24.3 Å². The molecule has 0 aliphatic heterocycles. The third-order valence-corrected chi connectivity index (χ3v) is 5.09. The Morgan fingerprint density at radius 1 is 1.30 bits per heavy atom. The molecule has 0 aliphatic rings. The minimum atomic E-state index is -0.637. The predicted molar refractivity (Wildman–Crippen MR) is 102 cm³/mol. The summed E-state index contributed by atoms with van der Waals surface area (Å²) in [4.78, 5) is 42.1. The molecular weight excluding hydrogens is 371 g/mol. The molecule has 0 spiro atoms. The number of nitrogens with one attached hydrogen (secondary N) is 1. The third kappa shape index (κ3) is 3.82. The van der Waals surface area contributed by atoms with Crippen molar-refractivity contribution >= 4 is 28.5 Å². The summed E-state index contributed by atoms with van der Waals surface area (Å²) in [7, 11) is 1.68. The first kappa shape index (κ1) is 19.0. The number of carbonyl (C=O) groups excluding carboxylic acids is 1. The molecule has 0 bridgehead atoms. The van der Waals surface area contributed by atoms with Gasteiger partial charge in [0.1, 0.15) is 10.7 Å². The van der Waals surface area contributed by atoms with Crippen LogP contribution >= 0.6 is 11.5 Å². The molecule has 3 aromatic rings. The lowest BCUT2D eigenvalue weighted by Gasteiger charge is -2.15. The highest BCUT2D eigenvalue weighted by atomic mass is 32.1. The molecule has 0 atom stereocenters. The van der Waals surface area contributed by atoms with Crippen LogP contribution in [-0.2, 0) is 6.54 Å². The molecule has 2 heterocycles. The first-order chi connectivity index (χ1) is 12.9. The van der Waals surface area contributed by atoms with E-state index in [0.717, 1.165) is 28.9 Å². The van der Waals surface area contributed by atoms with E-state index in [9.17, 15) is 18.8 Å². The van der Waals surface area contributed by atoms with Crippen LogP contribution in [0.15, 0.2) is 33.9 Å². The lowest BCUT2D eigenvalue weighted by molar-refractivity contribution is 0.0799. The summed E-state index contributed by atoms with van der Waals surface area (Å²) in [5.74, 6) is -0.674. The molecule has 1 amide bonds. The molecule has 0 fully saturated rings. The maximum absolute atomic E-state index is 13.0. The van der Waals surface area contributed by atoms with Crippen molar-refractivity contribution in [3.05, 3.63) is 61.4 Å². The van der Waals surface area contributed by atoms with E-state index < -0.39 is 17.1 Å². The second kappa shape index (κ2) is 7.83. The Hall–Kier alpha value is -2.81. The van der Waals surface area contributed by atoms with Crippen molar-refractivity contribution in [3.8, 4) is 0 Å². The molecule has 0 saturated carbocycles. The van der Waals surface area contributed by atoms with Crippen LogP contribution in [0.1, 0.15) is 35.0 Å². The van der Waals surface area contributed by atoms with E-state index in [2.05, 4.69) is 9.36 Å². The Balaban J connectivity index is 1.99. The number of fused-ring (bicyclic) bond motifs is 1. The van der Waals surface area contributed by atoms with E-state index in [1.807, 2.05) is 6.92 Å². The van der Waals surface area contributed by atoms with Crippen molar-refractivity contribution in [2.75, 3.05) is 13.6 Å². The molecule has 2 aromatic heterocycles. The lowest BCUT2D eigenvalue weighted by Crippen LogP contribution is -2.36. The molecule has 9 heteroatoms. The van der Waals surface area contributed by atoms with Crippen LogP contribution in [-0.4, -0.2) is 38.3 Å². The van der Waals surface area contributed by atoms with Crippen molar-refractivity contribution in [1.82, 2.24) is 18.8 Å². The van der Waals surface area contributed by atoms with Crippen molar-refractivity contribution in [3.63, 3.8) is 0 Å². The number of rotatable bonds is 6. The van der Waals surface area contributed by atoms with Crippen molar-refractivity contribution in [2.24, 2.45) is 0 Å². The van der Waals surface area contributed by atoms with Crippen LogP contribution in [0.5, 0.6) is 0 Å². The van der Waals surface area contributed by atoms with Gasteiger partial charge in [0.05, 0.1) is 12.1 Å². The van der Waals surface area contributed by atoms with Gasteiger partial charge in [-0.3, -0.25) is 14.2 Å². The van der Waals surface area contributed by atoms with Crippen LogP contribution < -0.4 is 11.2 Å². The number of carbonyl (C=O) groups is 1. The summed E-state index contributed by atoms with van der Waals surface area (Å²) < 4.78 is 18.1. The number of amides is 1. The van der Waals surface area contributed by atoms with Crippen LogP contribution in [0, 0.1) is 5.82 Å². The number of H-pyrrole nitrogens is 1. The van der Waals surface area contributed by atoms with E-state index in [0.29, 0.717) is 12.1 Å². The smallest absolute Gasteiger partial charge is 0.329 e. The zero-order valence-corrected chi connectivity index (χ0v) is 15.8. The number of hydrogen-bond donors (Lipinski definition) is 1. The second-order valence-electron chi connectivity index (χ2n) is 6.26. The first-order valence-corrected chi connectivity index (χ1v) is 9.32. The average Bonchev–Trinajstić information content (AvgIpc) is 3.07. The minimum Gasteiger partial charge on any atom is -0.341 e. The third-order valence-electron chi connectivity index (χ3n) is 4.26. The van der Waals surface area contributed by atoms with Gasteiger partial charge in [-0.25, -0.2) is 9.18 Å². The Bertz CT molecular complexity index is 1080. The number of benzene rings is 1. The minimum absolute atomic E-state index is 0.0123. The number of hydrogen-bond acceptors (Lipinski definition) is 5. The molecule has 0 unspecified atom stereocenters. The van der Waals surface area contributed by atoms with Crippen LogP contribution in [0.25, 0.3) is 11.0 Å². The zero-order chi connectivity index (χ0) is 19.6. The number of nitrogens with zero attached hydrogens (tertiary/aromatic N) is 3. The van der Waals surface area contributed by atoms with Gasteiger partial charge in [-0.05, 0) is 35.6 Å². The SMILES string of the molecule is CCCCN(C)C(=O)c1snc2c(=O)n(Cc3ccc(F)cc3)c(=O)[nH]c12. The standard InChI is InChI=1S/C18H19FN4O3S/c1-3-4-9-22(2)17(25)15-13-14(21-27-15)16(24)23(18(26)20-13)10-11-5-7-12(19)8-6-11/h5-8H,3-4,9-10H2,1-2H3,(H,20,26). The molecule has 142 valence electrons. The van der Waals surface area contributed by atoms with Gasteiger partial charge in [-0.15, -0.1) is 0 Å². The van der Waals surface area contributed by atoms with Crippen molar-refractivity contribution in [1.29, 1.82) is 0 Å². The number of aromatic nitrogens is 3. The Morgan fingerprint density at radius 3 is 2.67 bits per heavy atom. The maximum atomic E-state index is 13.0. The summed E-state index contributed by atoms with van der Waals surface area (Å²) in [5, 5.41) is 0. The summed E-state index contributed by atoms with van der Waals surface area (Å²) in [6.45, 7) is 2.60. The molecule has 0 aliphatic carbocycles. The summed E-state index contributed by atoms with van der Waals surface area (Å²) in [6.07, 6.45) is 1.81. The molecule has 0 saturated heterocycles. The number of unbranched alkanes of at least 4 members (excludes halogenated alkanes) is 1. The molecule has 1 N–H and O–H groups in total. The van der Waals surface area contributed by atoms with Gasteiger partial charge in [-0.1, -0.05) is 25.5 Å². The zero-order valence-electron chi connectivity index (χ0n) is 15.0. The summed E-state index contributed by atoms with van der Waals surface area (Å²) in [5.41, 5.74) is -0.395. The number of halogens is 1. The monoisotopic (exact) mass is 390 g/mol. The van der Waals surface area contributed by atoms with Gasteiger partial charge in [-0.2, -0.15) is 4.37 Å². The van der Waals surface area contributed by atoms with Gasteiger partial charge in [0.25, 0.3) is 11.5 Å². The van der Waals surface area contributed by atoms with Crippen LogP contribution in [0.2, 0.25) is 0 Å². The van der Waals surface area contributed by atoms with E-state index in [4.69, 9.17) is 0 Å². The number of aromatic amines is 1. The first-order valence-electron chi connectivity index (χ1n) is 8.54. The molecule has 7 nitrogen and oxygen atoms in total. The Kier molecular flexibility index (Phi) is 5.50. The summed E-state index contributed by atoms with van der Waals surface area (Å²) in [6, 6.07) is 5.53. The highest BCUT2D eigenvalue weighted by Crippen LogP contribution is 2.18. The van der Waals surface area contributed by atoms with Crippen molar-refractivity contribution in [2.45, 2.75) is 26.3 Å². The van der Waals surface area contributed by atoms with Crippen molar-refractivity contribution < 1.29 is 9.18 Å². The van der Waals surface area contributed by atoms with Crippen LogP contribution in [0.4, 0.5) is 4.39 Å². The maximum Gasteiger partial charge on any atom is 0.329 e. The molecule has 0 radical (unpaired) electrons. The fourth-order valence-corrected chi connectivity index (χ4v) is 3.50. The van der Waals surface area contributed by atoms with E-state index in [1.54, 1.807) is 11.9 Å². The highest BCUT2D eigenvalue weighted by molar-refractivity contribution is 7.09. The highest BCUT2D eigenvalue weighted by Gasteiger charge is 2.21. The van der Waals surface area contributed by atoms with E-state index >= 15 is 0 Å². The Morgan fingerprint density at radius 2 is 2.00 bits per heavy atom. The fourth-order valence-electron chi connectivity index (χ4n) is 2.68. The lowest BCUT2D eigenvalue weighted by atomic mass is 10.2. The van der Waals surface area contributed by atoms with Gasteiger partial charge < -0.3 is 9.88 Å². The molecule has 27 heavy (non-hydrogen) atoms. The molecule has 1 aromatic carbocycles. The molecule has 3 rings (SSSR count). The normalized spacial score (nSPS) is 11.1. The Labute approximate surface area is 158 Å². The quantitative estimate of drug-likeness (QED) is 0.699. The molecular formula is C18H19FN4O3S. The van der Waals surface area contributed by atoms with E-state index in [-0.39, 0.29) is 28.4 Å². The average molecular weight is 390 g/mol. The van der Waals surface area contributed by atoms with Crippen LogP contribution in [0.3, 0.4) is 0 Å². The second-order valence-corrected chi connectivity index (χ2v) is 7.04. The predicted octanol–water partition coefficient (Wildman–Crippen LogP) is 2.21. The van der Waals surface area contributed by atoms with Gasteiger partial charge in [0.2, 0.25) is 0 Å². The van der Waals surface area contributed by atoms with Gasteiger partial charge in [0, 0.05) is 13.6 Å². The van der Waals surface area contributed by atoms with Gasteiger partial charge >= 0.3 is 5.69 Å². The largest absolute Gasteiger partial charge is 0.341 e. The topological polar surface area (TPSA) is 88.1 Å². The fraction of sp³-hybridized carbons (Fsp3) is 0.333. The summed E-state index contributed by atoms with van der Waals surface area (Å²) >= 11 is 0.898.